The van der Waals surface area contributed by atoms with Gasteiger partial charge in [-0.3, -0.25) is 0 Å². The third-order valence-corrected chi connectivity index (χ3v) is 4.72. The van der Waals surface area contributed by atoms with Crippen LogP contribution in [-0.2, 0) is 0 Å². The fraction of sp³-hybridized carbons (Fsp3) is 0.250. The number of carboxylic acid groups (broad SMARTS) is 1. The third-order valence-electron chi connectivity index (χ3n) is 3.55. The highest BCUT2D eigenvalue weighted by molar-refractivity contribution is 7.18. The Balaban J connectivity index is 1.79. The van der Waals surface area contributed by atoms with Gasteiger partial charge in [0.15, 0.2) is 0 Å². The number of hydrogen-bond acceptors (Lipinski definition) is 3. The summed E-state index contributed by atoms with van der Waals surface area (Å²) < 4.78 is 13.0. The Kier molecular flexibility index (Phi) is 4.29. The highest BCUT2D eigenvalue weighted by Crippen LogP contribution is 2.35. The van der Waals surface area contributed by atoms with Gasteiger partial charge in [0, 0.05) is 11.4 Å². The standard InChI is InChI=1S/C16H15FN2O3S/c17-11-5-3-10(4-6-11)13-7-12(14(23-13)15(20)21)19-16(22)18-8-9-1-2-9/h3-7,9H,1-2,8H2,(H,20,21)(H2,18,19,22). The number of carbonyl (C=O) groups excluding carboxylic acids is 1. The Hall–Kier alpha value is -2.41. The molecule has 7 heteroatoms. The Morgan fingerprint density at radius 1 is 1.26 bits per heavy atom. The fourth-order valence-corrected chi connectivity index (χ4v) is 3.08. The zero-order valence-corrected chi connectivity index (χ0v) is 13.0. The molecule has 0 saturated heterocycles. The Labute approximate surface area is 136 Å². The lowest BCUT2D eigenvalue weighted by atomic mass is 10.2. The van der Waals surface area contributed by atoms with Gasteiger partial charge in [-0.1, -0.05) is 12.1 Å². The quantitative estimate of drug-likeness (QED) is 0.778. The van der Waals surface area contributed by atoms with Gasteiger partial charge in [0.25, 0.3) is 0 Å². The summed E-state index contributed by atoms with van der Waals surface area (Å²) in [4.78, 5) is 23.9. The average Bonchev–Trinajstić information content (AvgIpc) is 3.25. The molecule has 1 fully saturated rings. The second-order valence-corrected chi connectivity index (χ2v) is 6.50. The molecule has 1 aliphatic carbocycles. The Morgan fingerprint density at radius 3 is 2.57 bits per heavy atom. The van der Waals surface area contributed by atoms with Crippen molar-refractivity contribution in [1.82, 2.24) is 5.32 Å². The second kappa shape index (κ2) is 6.37. The molecule has 2 aromatic rings. The molecule has 1 aromatic carbocycles. The van der Waals surface area contributed by atoms with Crippen LogP contribution in [0.1, 0.15) is 22.5 Å². The smallest absolute Gasteiger partial charge is 0.348 e. The van der Waals surface area contributed by atoms with Crippen LogP contribution in [0, 0.1) is 11.7 Å². The highest BCUT2D eigenvalue weighted by Gasteiger charge is 2.22. The summed E-state index contributed by atoms with van der Waals surface area (Å²) in [6.45, 7) is 0.600. The number of carboxylic acids is 1. The number of halogens is 1. The molecule has 1 aliphatic rings. The number of benzene rings is 1. The number of anilines is 1. The van der Waals surface area contributed by atoms with Crippen molar-refractivity contribution in [2.45, 2.75) is 12.8 Å². The molecule has 2 amide bonds. The maximum Gasteiger partial charge on any atom is 0.348 e. The maximum absolute atomic E-state index is 13.0. The number of rotatable bonds is 5. The number of urea groups is 1. The van der Waals surface area contributed by atoms with E-state index in [0.717, 1.165) is 24.2 Å². The normalized spacial score (nSPS) is 13.6. The molecule has 0 unspecified atom stereocenters. The number of nitrogens with one attached hydrogen (secondary N) is 2. The zero-order chi connectivity index (χ0) is 16.4. The van der Waals surface area contributed by atoms with Gasteiger partial charge in [0.1, 0.15) is 10.7 Å². The minimum atomic E-state index is -1.11. The minimum absolute atomic E-state index is 0.0471. The first-order chi connectivity index (χ1) is 11.0. The molecule has 23 heavy (non-hydrogen) atoms. The molecule has 1 saturated carbocycles. The molecular weight excluding hydrogens is 319 g/mol. The third kappa shape index (κ3) is 3.87. The molecule has 3 rings (SSSR count). The van der Waals surface area contributed by atoms with E-state index in [2.05, 4.69) is 10.6 Å². The molecule has 120 valence electrons. The van der Waals surface area contributed by atoms with Gasteiger partial charge in [0.05, 0.1) is 5.69 Å². The molecule has 0 spiro atoms. The van der Waals surface area contributed by atoms with E-state index in [1.54, 1.807) is 18.2 Å². The van der Waals surface area contributed by atoms with Gasteiger partial charge in [-0.25, -0.2) is 14.0 Å². The van der Waals surface area contributed by atoms with Gasteiger partial charge < -0.3 is 15.7 Å². The molecule has 0 bridgehead atoms. The summed E-state index contributed by atoms with van der Waals surface area (Å²) in [5, 5.41) is 14.6. The highest BCUT2D eigenvalue weighted by atomic mass is 32.1. The van der Waals surface area contributed by atoms with E-state index in [1.165, 1.54) is 12.1 Å². The number of hydrogen-bond donors (Lipinski definition) is 3. The number of aromatic carboxylic acids is 1. The van der Waals surface area contributed by atoms with Crippen LogP contribution in [0.25, 0.3) is 10.4 Å². The second-order valence-electron chi connectivity index (χ2n) is 5.44. The summed E-state index contributed by atoms with van der Waals surface area (Å²) >= 11 is 1.04. The summed E-state index contributed by atoms with van der Waals surface area (Å²) in [6.07, 6.45) is 2.24. The lowest BCUT2D eigenvalue weighted by molar-refractivity contribution is 0.0703. The van der Waals surface area contributed by atoms with Gasteiger partial charge in [-0.05, 0) is 42.5 Å². The summed E-state index contributed by atoms with van der Waals surface area (Å²) in [5.41, 5.74) is 0.945. The van der Waals surface area contributed by atoms with Crippen LogP contribution in [0.4, 0.5) is 14.9 Å². The van der Waals surface area contributed by atoms with E-state index >= 15 is 0 Å². The van der Waals surface area contributed by atoms with E-state index in [0.29, 0.717) is 22.9 Å². The van der Waals surface area contributed by atoms with Crippen molar-refractivity contribution in [3.8, 4) is 10.4 Å². The van der Waals surface area contributed by atoms with Crippen LogP contribution in [0.3, 0.4) is 0 Å². The van der Waals surface area contributed by atoms with E-state index in [1.807, 2.05) is 0 Å². The van der Waals surface area contributed by atoms with Crippen molar-refractivity contribution in [1.29, 1.82) is 0 Å². The van der Waals surface area contributed by atoms with Crippen molar-refractivity contribution >= 4 is 29.0 Å². The Morgan fingerprint density at radius 2 is 1.96 bits per heavy atom. The van der Waals surface area contributed by atoms with Crippen molar-refractivity contribution < 1.29 is 19.1 Å². The zero-order valence-electron chi connectivity index (χ0n) is 12.1. The topological polar surface area (TPSA) is 78.4 Å². The molecule has 0 aliphatic heterocycles. The molecular formula is C16H15FN2O3S. The van der Waals surface area contributed by atoms with E-state index in [4.69, 9.17) is 0 Å². The van der Waals surface area contributed by atoms with Crippen LogP contribution in [0.15, 0.2) is 30.3 Å². The van der Waals surface area contributed by atoms with Crippen LogP contribution in [0.5, 0.6) is 0 Å². The molecule has 5 nitrogen and oxygen atoms in total. The van der Waals surface area contributed by atoms with E-state index < -0.39 is 12.0 Å². The number of amides is 2. The van der Waals surface area contributed by atoms with Crippen molar-refractivity contribution in [3.05, 3.63) is 41.0 Å². The first kappa shape index (κ1) is 15.5. The minimum Gasteiger partial charge on any atom is -0.477 e. The lowest BCUT2D eigenvalue weighted by Crippen LogP contribution is -2.30. The summed E-state index contributed by atoms with van der Waals surface area (Å²) in [6, 6.07) is 6.95. The van der Waals surface area contributed by atoms with E-state index in [-0.39, 0.29) is 16.4 Å². The van der Waals surface area contributed by atoms with Gasteiger partial charge in [0.2, 0.25) is 0 Å². The lowest BCUT2D eigenvalue weighted by Gasteiger charge is -2.06. The van der Waals surface area contributed by atoms with Crippen LogP contribution in [-0.4, -0.2) is 23.7 Å². The molecule has 0 atom stereocenters. The van der Waals surface area contributed by atoms with Crippen molar-refractivity contribution in [2.24, 2.45) is 5.92 Å². The first-order valence-corrected chi connectivity index (χ1v) is 8.02. The predicted octanol–water partition coefficient (Wildman–Crippen LogP) is 3.78. The molecule has 1 heterocycles. The number of carbonyl (C=O) groups is 2. The van der Waals surface area contributed by atoms with Crippen LogP contribution in [0.2, 0.25) is 0 Å². The monoisotopic (exact) mass is 334 g/mol. The van der Waals surface area contributed by atoms with E-state index in [9.17, 15) is 19.1 Å². The predicted molar refractivity (Wildman–Crippen MR) is 86.4 cm³/mol. The first-order valence-electron chi connectivity index (χ1n) is 7.21. The molecule has 1 aromatic heterocycles. The SMILES string of the molecule is O=C(NCC1CC1)Nc1cc(-c2ccc(F)cc2)sc1C(=O)O. The maximum atomic E-state index is 13.0. The number of thiophene rings is 1. The molecule has 0 radical (unpaired) electrons. The average molecular weight is 334 g/mol. The Bertz CT molecular complexity index is 738. The van der Waals surface area contributed by atoms with Crippen LogP contribution < -0.4 is 10.6 Å². The summed E-state index contributed by atoms with van der Waals surface area (Å²) in [7, 11) is 0. The molecule has 3 N–H and O–H groups in total. The van der Waals surface area contributed by atoms with Crippen molar-refractivity contribution in [3.63, 3.8) is 0 Å². The van der Waals surface area contributed by atoms with Crippen molar-refractivity contribution in [2.75, 3.05) is 11.9 Å². The van der Waals surface area contributed by atoms with Gasteiger partial charge >= 0.3 is 12.0 Å². The largest absolute Gasteiger partial charge is 0.477 e. The fourth-order valence-electron chi connectivity index (χ4n) is 2.12. The van der Waals surface area contributed by atoms with Gasteiger partial charge in [-0.15, -0.1) is 11.3 Å². The van der Waals surface area contributed by atoms with Crippen LogP contribution >= 0.6 is 11.3 Å². The van der Waals surface area contributed by atoms with Gasteiger partial charge in [-0.2, -0.15) is 0 Å². The summed E-state index contributed by atoms with van der Waals surface area (Å²) in [5.74, 6) is -0.931.